The molecule has 0 saturated heterocycles. The quantitative estimate of drug-likeness (QED) is 0.755. The predicted molar refractivity (Wildman–Crippen MR) is 68.1 cm³/mol. The molecule has 1 nitrogen and oxygen atoms in total. The van der Waals surface area contributed by atoms with Crippen molar-refractivity contribution in [3.63, 3.8) is 0 Å². The molecule has 0 radical (unpaired) electrons. The predicted octanol–water partition coefficient (Wildman–Crippen LogP) is 3.72. The van der Waals surface area contributed by atoms with Gasteiger partial charge >= 0.3 is 0 Å². The van der Waals surface area contributed by atoms with Crippen LogP contribution in [0.4, 0.5) is 0 Å². The topological polar surface area (TPSA) is 26.0 Å². The second kappa shape index (κ2) is 4.01. The molecular weight excluding hydrogens is 194 g/mol. The van der Waals surface area contributed by atoms with Gasteiger partial charge in [-0.15, -0.1) is 0 Å². The Labute approximate surface area is 100 Å². The normalized spacial score (nSPS) is 51.4. The van der Waals surface area contributed by atoms with Crippen LogP contribution in [0.15, 0.2) is 0 Å². The lowest BCUT2D eigenvalue weighted by Gasteiger charge is -2.48. The van der Waals surface area contributed by atoms with Gasteiger partial charge in [0.1, 0.15) is 0 Å². The number of nitrogens with two attached hydrogens (primary N) is 1. The molecule has 1 heteroatoms. The largest absolute Gasteiger partial charge is 0.327 e. The summed E-state index contributed by atoms with van der Waals surface area (Å²) in [6.07, 6.45) is 13.1. The molecular formula is C15H27N. The van der Waals surface area contributed by atoms with Gasteiger partial charge in [0.05, 0.1) is 0 Å². The molecule has 16 heavy (non-hydrogen) atoms. The van der Waals surface area contributed by atoms with Gasteiger partial charge in [0.25, 0.3) is 0 Å². The van der Waals surface area contributed by atoms with Crippen molar-refractivity contribution in [2.24, 2.45) is 28.9 Å². The molecule has 3 rings (SSSR count). The Kier molecular flexibility index (Phi) is 2.78. The van der Waals surface area contributed by atoms with Gasteiger partial charge in [0.2, 0.25) is 0 Å². The monoisotopic (exact) mass is 221 g/mol. The van der Waals surface area contributed by atoms with Crippen molar-refractivity contribution in [1.82, 2.24) is 0 Å². The van der Waals surface area contributed by atoms with E-state index in [1.54, 1.807) is 0 Å². The average Bonchev–Trinajstić information content (AvgIpc) is 2.84. The zero-order valence-corrected chi connectivity index (χ0v) is 10.8. The maximum absolute atomic E-state index is 6.59. The summed E-state index contributed by atoms with van der Waals surface area (Å²) in [5.74, 6) is 2.90. The smallest absolute Gasteiger partial charge is 0.0127 e. The van der Waals surface area contributed by atoms with E-state index in [9.17, 15) is 0 Å². The van der Waals surface area contributed by atoms with E-state index in [4.69, 9.17) is 5.73 Å². The lowest BCUT2D eigenvalue weighted by molar-refractivity contribution is 0.0456. The molecule has 3 saturated carbocycles. The van der Waals surface area contributed by atoms with Crippen LogP contribution in [0.5, 0.6) is 0 Å². The average molecular weight is 221 g/mol. The Morgan fingerprint density at radius 3 is 2.81 bits per heavy atom. The molecule has 0 aromatic rings. The highest BCUT2D eigenvalue weighted by Gasteiger charge is 2.57. The minimum atomic E-state index is 0.561. The van der Waals surface area contributed by atoms with E-state index in [-0.39, 0.29) is 0 Å². The van der Waals surface area contributed by atoms with Gasteiger partial charge in [-0.3, -0.25) is 0 Å². The third-order valence-electron chi connectivity index (χ3n) is 6.08. The fraction of sp³-hybridized carbons (Fsp3) is 1.00. The van der Waals surface area contributed by atoms with Gasteiger partial charge < -0.3 is 5.73 Å². The summed E-state index contributed by atoms with van der Waals surface area (Å²) in [6, 6.07) is 0.561. The molecule has 0 unspecified atom stereocenters. The third-order valence-corrected chi connectivity index (χ3v) is 6.08. The summed E-state index contributed by atoms with van der Waals surface area (Å²) in [5, 5.41) is 0. The maximum Gasteiger partial charge on any atom is 0.0127 e. The van der Waals surface area contributed by atoms with E-state index >= 15 is 0 Å². The molecule has 0 aromatic carbocycles. The van der Waals surface area contributed by atoms with E-state index in [0.29, 0.717) is 11.5 Å². The summed E-state index contributed by atoms with van der Waals surface area (Å²) in [4.78, 5) is 0. The summed E-state index contributed by atoms with van der Waals surface area (Å²) in [7, 11) is 0. The Morgan fingerprint density at radius 2 is 2.12 bits per heavy atom. The van der Waals surface area contributed by atoms with Gasteiger partial charge in [-0.1, -0.05) is 32.6 Å². The number of hydrogen-bond acceptors (Lipinski definition) is 1. The minimum absolute atomic E-state index is 0.561. The van der Waals surface area contributed by atoms with Gasteiger partial charge in [0, 0.05) is 6.04 Å². The van der Waals surface area contributed by atoms with E-state index in [0.717, 1.165) is 17.8 Å². The Bertz CT molecular complexity index is 256. The second-order valence-corrected chi connectivity index (χ2v) is 6.78. The van der Waals surface area contributed by atoms with Crippen molar-refractivity contribution < 1.29 is 0 Å². The van der Waals surface area contributed by atoms with Crippen LogP contribution in [0.1, 0.15) is 64.7 Å². The molecule has 0 aliphatic heterocycles. The summed E-state index contributed by atoms with van der Waals surface area (Å²) >= 11 is 0. The van der Waals surface area contributed by atoms with Gasteiger partial charge in [-0.2, -0.15) is 0 Å². The highest BCUT2D eigenvalue weighted by Crippen LogP contribution is 2.62. The molecule has 0 heterocycles. The number of fused-ring (bicyclic) bond motifs is 3. The van der Waals surface area contributed by atoms with Crippen LogP contribution in [0.25, 0.3) is 0 Å². The van der Waals surface area contributed by atoms with Crippen molar-refractivity contribution in [2.45, 2.75) is 70.8 Å². The van der Waals surface area contributed by atoms with Crippen LogP contribution in [0.2, 0.25) is 0 Å². The fourth-order valence-corrected chi connectivity index (χ4v) is 5.40. The zero-order valence-electron chi connectivity index (χ0n) is 10.8. The molecule has 5 atom stereocenters. The van der Waals surface area contributed by atoms with E-state index in [1.807, 2.05) is 0 Å². The Hall–Kier alpha value is -0.0400. The van der Waals surface area contributed by atoms with Gasteiger partial charge in [-0.05, 0) is 55.3 Å². The third kappa shape index (κ3) is 1.47. The van der Waals surface area contributed by atoms with Gasteiger partial charge in [-0.25, -0.2) is 0 Å². The first-order valence-electron chi connectivity index (χ1n) is 7.52. The van der Waals surface area contributed by atoms with E-state index in [1.165, 1.54) is 57.8 Å². The van der Waals surface area contributed by atoms with Crippen LogP contribution in [-0.4, -0.2) is 6.04 Å². The molecule has 1 spiro atoms. The zero-order chi connectivity index (χ0) is 11.2. The van der Waals surface area contributed by atoms with Crippen LogP contribution < -0.4 is 5.73 Å². The highest BCUT2D eigenvalue weighted by molar-refractivity contribution is 5.09. The summed E-state index contributed by atoms with van der Waals surface area (Å²) < 4.78 is 0. The van der Waals surface area contributed by atoms with Crippen molar-refractivity contribution in [2.75, 3.05) is 0 Å². The van der Waals surface area contributed by atoms with Crippen molar-refractivity contribution in [1.29, 1.82) is 0 Å². The molecule has 3 aliphatic carbocycles. The van der Waals surface area contributed by atoms with Gasteiger partial charge in [0.15, 0.2) is 0 Å². The lowest BCUT2D eigenvalue weighted by atomic mass is 9.59. The van der Waals surface area contributed by atoms with Crippen LogP contribution in [-0.2, 0) is 0 Å². The fourth-order valence-electron chi connectivity index (χ4n) is 5.40. The number of rotatable bonds is 2. The summed E-state index contributed by atoms with van der Waals surface area (Å²) in [6.45, 7) is 2.34. The minimum Gasteiger partial charge on any atom is -0.327 e. The molecule has 2 bridgehead atoms. The molecule has 92 valence electrons. The molecule has 0 amide bonds. The summed E-state index contributed by atoms with van der Waals surface area (Å²) in [5.41, 5.74) is 7.19. The first-order chi connectivity index (χ1) is 7.76. The first-order valence-corrected chi connectivity index (χ1v) is 7.52. The Morgan fingerprint density at radius 1 is 1.25 bits per heavy atom. The van der Waals surface area contributed by atoms with E-state index < -0.39 is 0 Å². The second-order valence-electron chi connectivity index (χ2n) is 6.78. The lowest BCUT2D eigenvalue weighted by Crippen LogP contribution is -2.48. The Balaban J connectivity index is 1.77. The molecule has 0 aromatic heterocycles. The first kappa shape index (κ1) is 11.1. The van der Waals surface area contributed by atoms with Crippen molar-refractivity contribution in [3.05, 3.63) is 0 Å². The van der Waals surface area contributed by atoms with Crippen LogP contribution >= 0.6 is 0 Å². The highest BCUT2D eigenvalue weighted by atomic mass is 14.8. The molecule has 3 aliphatic rings. The molecule has 3 fully saturated rings. The SMILES string of the molecule is CCC[C@H]1CCC[C@@]2(C1)[C@H]1CC[C@H](C1)[C@H]2N. The van der Waals surface area contributed by atoms with Crippen LogP contribution in [0.3, 0.4) is 0 Å². The van der Waals surface area contributed by atoms with Crippen LogP contribution in [0, 0.1) is 23.2 Å². The maximum atomic E-state index is 6.59. The molecule has 2 N–H and O–H groups in total. The van der Waals surface area contributed by atoms with E-state index in [2.05, 4.69) is 6.92 Å². The van der Waals surface area contributed by atoms with Crippen molar-refractivity contribution >= 4 is 0 Å². The number of hydrogen-bond donors (Lipinski definition) is 1. The standard InChI is InChI=1S/C15H27N/c1-2-4-11-5-3-8-15(10-11)13-7-6-12(9-13)14(15)16/h11-14H,2-10,16H2,1H3/t11-,12+,13-,14+,15+/m0/s1. The van der Waals surface area contributed by atoms with Crippen molar-refractivity contribution in [3.8, 4) is 0 Å².